The lowest BCUT2D eigenvalue weighted by Gasteiger charge is -1.98. The van der Waals surface area contributed by atoms with Crippen LogP contribution in [0.3, 0.4) is 0 Å². The van der Waals surface area contributed by atoms with Crippen LogP contribution < -0.4 is 11.1 Å². The van der Waals surface area contributed by atoms with Crippen LogP contribution in [-0.4, -0.2) is 16.2 Å². The van der Waals surface area contributed by atoms with E-state index in [1.165, 1.54) is 19.3 Å². The number of rotatable bonds is 5. The molecule has 1 aromatic heterocycles. The minimum Gasteiger partial charge on any atom is -0.407 e. The molecular weight excluding hydrogens is 180 g/mol. The summed E-state index contributed by atoms with van der Waals surface area (Å²) in [5.74, 6) is 1.27. The predicted octanol–water partition coefficient (Wildman–Crippen LogP) is 1.13. The van der Waals surface area contributed by atoms with Crippen LogP contribution in [0.5, 0.6) is 0 Å². The second-order valence-electron chi connectivity index (χ2n) is 3.74. The first kappa shape index (κ1) is 9.45. The minimum atomic E-state index is 0.303. The highest BCUT2D eigenvalue weighted by Gasteiger charge is 2.36. The van der Waals surface area contributed by atoms with E-state index in [2.05, 4.69) is 22.4 Å². The Morgan fingerprint density at radius 3 is 3.07 bits per heavy atom. The third kappa shape index (κ3) is 2.04. The molecule has 1 aromatic rings. The highest BCUT2D eigenvalue weighted by atomic mass is 16.4. The Kier molecular flexibility index (Phi) is 2.67. The fraction of sp³-hybridized carbons (Fsp3) is 0.778. The summed E-state index contributed by atoms with van der Waals surface area (Å²) < 4.78 is 5.25. The molecule has 3 N–H and O–H groups in total. The highest BCUT2D eigenvalue weighted by molar-refractivity contribution is 5.24. The van der Waals surface area contributed by atoms with Crippen molar-refractivity contribution in [2.24, 2.45) is 11.7 Å². The summed E-state index contributed by atoms with van der Waals surface area (Å²) in [6, 6.07) is 1.04. The van der Waals surface area contributed by atoms with Crippen LogP contribution >= 0.6 is 0 Å². The summed E-state index contributed by atoms with van der Waals surface area (Å²) in [5.41, 5.74) is 5.36. The lowest BCUT2D eigenvalue weighted by atomic mass is 10.2. The maximum Gasteiger partial charge on any atom is 0.315 e. The maximum absolute atomic E-state index is 5.36. The van der Waals surface area contributed by atoms with Gasteiger partial charge < -0.3 is 15.5 Å². The lowest BCUT2D eigenvalue weighted by molar-refractivity contribution is 0.505. The van der Waals surface area contributed by atoms with Gasteiger partial charge in [0.2, 0.25) is 5.89 Å². The number of hydrogen-bond donors (Lipinski definition) is 2. The Labute approximate surface area is 83.1 Å². The van der Waals surface area contributed by atoms with Gasteiger partial charge in [0.05, 0.1) is 6.54 Å². The summed E-state index contributed by atoms with van der Waals surface area (Å²) in [4.78, 5) is 0. The molecule has 0 saturated heterocycles. The molecule has 2 unspecified atom stereocenters. The number of hydrogen-bond acceptors (Lipinski definition) is 5. The van der Waals surface area contributed by atoms with Gasteiger partial charge in [0.1, 0.15) is 0 Å². The molecule has 0 spiro atoms. The van der Waals surface area contributed by atoms with Gasteiger partial charge in [0.15, 0.2) is 0 Å². The molecule has 0 aliphatic heterocycles. The van der Waals surface area contributed by atoms with Crippen LogP contribution in [0.1, 0.15) is 32.1 Å². The molecule has 1 aliphatic rings. The van der Waals surface area contributed by atoms with E-state index in [1.54, 1.807) is 0 Å². The number of aromatic nitrogens is 2. The van der Waals surface area contributed by atoms with Crippen molar-refractivity contribution in [2.75, 3.05) is 5.32 Å². The van der Waals surface area contributed by atoms with Crippen LogP contribution in [-0.2, 0) is 6.54 Å². The molecule has 78 valence electrons. The highest BCUT2D eigenvalue weighted by Crippen LogP contribution is 2.36. The van der Waals surface area contributed by atoms with E-state index in [-0.39, 0.29) is 0 Å². The molecular formula is C9H16N4O. The fourth-order valence-electron chi connectivity index (χ4n) is 1.67. The van der Waals surface area contributed by atoms with Crippen LogP contribution in [0.2, 0.25) is 0 Å². The molecule has 2 rings (SSSR count). The van der Waals surface area contributed by atoms with Crippen LogP contribution in [0.4, 0.5) is 6.01 Å². The van der Waals surface area contributed by atoms with Crippen molar-refractivity contribution in [1.82, 2.24) is 10.2 Å². The third-order valence-corrected chi connectivity index (χ3v) is 2.53. The second kappa shape index (κ2) is 3.96. The SMILES string of the molecule is CCCC1CC1Nc1nnc(CN)o1. The maximum atomic E-state index is 5.36. The van der Waals surface area contributed by atoms with Crippen molar-refractivity contribution in [3.63, 3.8) is 0 Å². The first-order valence-electron chi connectivity index (χ1n) is 5.12. The van der Waals surface area contributed by atoms with Crippen molar-refractivity contribution in [3.8, 4) is 0 Å². The molecule has 0 bridgehead atoms. The number of nitrogens with two attached hydrogens (primary N) is 1. The van der Waals surface area contributed by atoms with E-state index in [1.807, 2.05) is 0 Å². The van der Waals surface area contributed by atoms with Gasteiger partial charge in [0, 0.05) is 6.04 Å². The van der Waals surface area contributed by atoms with Crippen molar-refractivity contribution in [3.05, 3.63) is 5.89 Å². The van der Waals surface area contributed by atoms with Crippen molar-refractivity contribution in [1.29, 1.82) is 0 Å². The Bertz CT molecular complexity index is 299. The fourth-order valence-corrected chi connectivity index (χ4v) is 1.67. The average Bonchev–Trinajstić information content (AvgIpc) is 2.76. The number of anilines is 1. The molecule has 5 heteroatoms. The Morgan fingerprint density at radius 1 is 1.57 bits per heavy atom. The average molecular weight is 196 g/mol. The molecule has 1 aliphatic carbocycles. The summed E-state index contributed by atoms with van der Waals surface area (Å²) in [6.07, 6.45) is 3.73. The van der Waals surface area contributed by atoms with Crippen LogP contribution in [0, 0.1) is 5.92 Å². The van der Waals surface area contributed by atoms with Crippen molar-refractivity contribution < 1.29 is 4.42 Å². The number of nitrogens with one attached hydrogen (secondary N) is 1. The van der Waals surface area contributed by atoms with Gasteiger partial charge in [-0.15, -0.1) is 5.10 Å². The second-order valence-corrected chi connectivity index (χ2v) is 3.74. The topological polar surface area (TPSA) is 77.0 Å². The van der Waals surface area contributed by atoms with Gasteiger partial charge in [-0.25, -0.2) is 0 Å². The first-order valence-corrected chi connectivity index (χ1v) is 5.12. The first-order chi connectivity index (χ1) is 6.83. The van der Waals surface area contributed by atoms with Gasteiger partial charge in [-0.2, -0.15) is 0 Å². The molecule has 0 radical (unpaired) electrons. The summed E-state index contributed by atoms with van der Waals surface area (Å²) in [5, 5.41) is 10.8. The van der Waals surface area contributed by atoms with Crippen LogP contribution in [0.15, 0.2) is 4.42 Å². The Morgan fingerprint density at radius 2 is 2.43 bits per heavy atom. The minimum absolute atomic E-state index is 0.303. The van der Waals surface area contributed by atoms with E-state index in [0.29, 0.717) is 24.5 Å². The largest absolute Gasteiger partial charge is 0.407 e. The van der Waals surface area contributed by atoms with Gasteiger partial charge in [-0.1, -0.05) is 18.4 Å². The van der Waals surface area contributed by atoms with Gasteiger partial charge >= 0.3 is 6.01 Å². The van der Waals surface area contributed by atoms with Crippen LogP contribution in [0.25, 0.3) is 0 Å². The predicted molar refractivity (Wildman–Crippen MR) is 52.6 cm³/mol. The number of nitrogens with zero attached hydrogens (tertiary/aromatic N) is 2. The Hall–Kier alpha value is -1.10. The molecule has 0 amide bonds. The Balaban J connectivity index is 1.81. The monoisotopic (exact) mass is 196 g/mol. The zero-order valence-electron chi connectivity index (χ0n) is 8.36. The quantitative estimate of drug-likeness (QED) is 0.738. The van der Waals surface area contributed by atoms with Crippen molar-refractivity contribution >= 4 is 6.01 Å². The van der Waals surface area contributed by atoms with Crippen molar-refractivity contribution in [2.45, 2.75) is 38.8 Å². The van der Waals surface area contributed by atoms with E-state index in [0.717, 1.165) is 5.92 Å². The molecule has 1 saturated carbocycles. The molecule has 2 atom stereocenters. The lowest BCUT2D eigenvalue weighted by Crippen LogP contribution is -2.04. The van der Waals surface area contributed by atoms with E-state index >= 15 is 0 Å². The third-order valence-electron chi connectivity index (χ3n) is 2.53. The normalized spacial score (nSPS) is 25.0. The standard InChI is InChI=1S/C9H16N4O/c1-2-3-6-4-7(6)11-9-13-12-8(5-10)14-9/h6-7H,2-5,10H2,1H3,(H,11,13). The van der Waals surface area contributed by atoms with Gasteiger partial charge in [-0.3, -0.25) is 0 Å². The summed E-state index contributed by atoms with van der Waals surface area (Å²) in [7, 11) is 0. The van der Waals surface area contributed by atoms with Gasteiger partial charge in [0.25, 0.3) is 0 Å². The smallest absolute Gasteiger partial charge is 0.315 e. The zero-order valence-corrected chi connectivity index (χ0v) is 8.36. The molecule has 14 heavy (non-hydrogen) atoms. The zero-order chi connectivity index (χ0) is 9.97. The summed E-state index contributed by atoms with van der Waals surface area (Å²) >= 11 is 0. The molecule has 0 aromatic carbocycles. The van der Waals surface area contributed by atoms with E-state index in [9.17, 15) is 0 Å². The molecule has 1 fully saturated rings. The van der Waals surface area contributed by atoms with E-state index < -0.39 is 0 Å². The molecule has 1 heterocycles. The molecule has 5 nitrogen and oxygen atoms in total. The summed E-state index contributed by atoms with van der Waals surface area (Å²) in [6.45, 7) is 2.51. The van der Waals surface area contributed by atoms with E-state index in [4.69, 9.17) is 10.2 Å². The van der Waals surface area contributed by atoms with Gasteiger partial charge in [-0.05, 0) is 18.8 Å².